The van der Waals surface area contributed by atoms with E-state index in [2.05, 4.69) is 0 Å². The number of aliphatic carboxylic acids is 1. The lowest BCUT2D eigenvalue weighted by Gasteiger charge is -2.14. The van der Waals surface area contributed by atoms with Crippen LogP contribution < -0.4 is 5.73 Å². The molecule has 3 N–H and O–H groups in total. The third-order valence-corrected chi connectivity index (χ3v) is 2.71. The van der Waals surface area contributed by atoms with Crippen LogP contribution in [0.4, 0.5) is 26.3 Å². The molecule has 9 heteroatoms. The van der Waals surface area contributed by atoms with E-state index in [-0.39, 0.29) is 24.5 Å². The fourth-order valence-electron chi connectivity index (χ4n) is 1.61. The van der Waals surface area contributed by atoms with E-state index < -0.39 is 35.5 Å². The van der Waals surface area contributed by atoms with E-state index in [1.165, 1.54) is 0 Å². The van der Waals surface area contributed by atoms with Crippen LogP contribution in [-0.2, 0) is 23.6 Å². The van der Waals surface area contributed by atoms with Crippen molar-refractivity contribution in [2.45, 2.75) is 31.2 Å². The Morgan fingerprint density at radius 1 is 1.05 bits per heavy atom. The van der Waals surface area contributed by atoms with Gasteiger partial charge in [0.05, 0.1) is 11.1 Å². The molecule has 21 heavy (non-hydrogen) atoms. The first-order valence-electron chi connectivity index (χ1n) is 5.68. The van der Waals surface area contributed by atoms with Crippen molar-refractivity contribution in [2.24, 2.45) is 5.73 Å². The zero-order valence-corrected chi connectivity index (χ0v) is 10.4. The third-order valence-electron chi connectivity index (χ3n) is 2.71. The fraction of sp³-hybridized carbons (Fsp3) is 0.417. The van der Waals surface area contributed by atoms with Gasteiger partial charge in [0.15, 0.2) is 0 Å². The molecule has 0 bridgehead atoms. The molecule has 0 amide bonds. The van der Waals surface area contributed by atoms with Crippen LogP contribution in [0.15, 0.2) is 18.2 Å². The van der Waals surface area contributed by atoms with Gasteiger partial charge in [-0.2, -0.15) is 26.3 Å². The standard InChI is InChI=1S/C12H11F6NO2/c13-11(14,15)7-3-6(1-2-9(19)10(20)21)4-8(5-7)12(16,17)18/h3-5,9H,1-2,19H2,(H,20,21). The molecule has 0 saturated heterocycles. The number of rotatable bonds is 4. The third kappa shape index (κ3) is 4.92. The number of carbonyl (C=O) groups is 1. The SMILES string of the molecule is NC(CCc1cc(C(F)(F)F)cc(C(F)(F)F)c1)C(=O)O. The van der Waals surface area contributed by atoms with E-state index in [0.29, 0.717) is 12.1 Å². The van der Waals surface area contributed by atoms with E-state index in [1.54, 1.807) is 0 Å². The van der Waals surface area contributed by atoms with Gasteiger partial charge in [0.25, 0.3) is 0 Å². The molecule has 0 spiro atoms. The lowest BCUT2D eigenvalue weighted by Crippen LogP contribution is -2.30. The predicted octanol–water partition coefficient (Wildman–Crippen LogP) is 3.07. The highest BCUT2D eigenvalue weighted by molar-refractivity contribution is 5.73. The van der Waals surface area contributed by atoms with Gasteiger partial charge in [-0.25, -0.2) is 0 Å². The molecule has 118 valence electrons. The van der Waals surface area contributed by atoms with Gasteiger partial charge in [-0.3, -0.25) is 4.79 Å². The van der Waals surface area contributed by atoms with Gasteiger partial charge in [0, 0.05) is 0 Å². The number of carboxylic acid groups (broad SMARTS) is 1. The number of halogens is 6. The van der Waals surface area contributed by atoms with Crippen LogP contribution in [0.25, 0.3) is 0 Å². The topological polar surface area (TPSA) is 63.3 Å². The van der Waals surface area contributed by atoms with Gasteiger partial charge >= 0.3 is 18.3 Å². The van der Waals surface area contributed by atoms with Gasteiger partial charge in [-0.05, 0) is 36.6 Å². The second kappa shape index (κ2) is 5.92. The summed E-state index contributed by atoms with van der Waals surface area (Å²) in [7, 11) is 0. The van der Waals surface area contributed by atoms with Gasteiger partial charge in [-0.15, -0.1) is 0 Å². The maximum Gasteiger partial charge on any atom is 0.416 e. The number of nitrogens with two attached hydrogens (primary N) is 1. The van der Waals surface area contributed by atoms with Gasteiger partial charge < -0.3 is 10.8 Å². The Morgan fingerprint density at radius 3 is 1.81 bits per heavy atom. The predicted molar refractivity (Wildman–Crippen MR) is 60.4 cm³/mol. The molecule has 0 fully saturated rings. The van der Waals surface area contributed by atoms with Crippen molar-refractivity contribution in [3.63, 3.8) is 0 Å². The largest absolute Gasteiger partial charge is 0.480 e. The molecule has 0 aliphatic heterocycles. The molecule has 0 aromatic heterocycles. The van der Waals surface area contributed by atoms with Crippen molar-refractivity contribution >= 4 is 5.97 Å². The van der Waals surface area contributed by atoms with E-state index in [9.17, 15) is 31.1 Å². The minimum Gasteiger partial charge on any atom is -0.480 e. The Bertz CT molecular complexity index is 491. The normalized spacial score (nSPS) is 14.0. The minimum absolute atomic E-state index is 0.0145. The van der Waals surface area contributed by atoms with E-state index in [1.807, 2.05) is 0 Å². The number of hydrogen-bond donors (Lipinski definition) is 2. The molecule has 0 saturated carbocycles. The van der Waals surface area contributed by atoms with Crippen LogP contribution in [-0.4, -0.2) is 17.1 Å². The number of alkyl halides is 6. The van der Waals surface area contributed by atoms with Crippen LogP contribution in [0.1, 0.15) is 23.1 Å². The maximum atomic E-state index is 12.6. The molecule has 1 atom stereocenters. The summed E-state index contributed by atoms with van der Waals surface area (Å²) >= 11 is 0. The zero-order chi connectivity index (χ0) is 16.4. The molecule has 0 aliphatic rings. The molecule has 1 rings (SSSR count). The van der Waals surface area contributed by atoms with Crippen LogP contribution in [0.2, 0.25) is 0 Å². The summed E-state index contributed by atoms with van der Waals surface area (Å²) in [4.78, 5) is 10.5. The monoisotopic (exact) mass is 315 g/mol. The first-order valence-corrected chi connectivity index (χ1v) is 5.68. The van der Waals surface area contributed by atoms with Crippen molar-refractivity contribution < 1.29 is 36.2 Å². The highest BCUT2D eigenvalue weighted by Crippen LogP contribution is 2.36. The molecular weight excluding hydrogens is 304 g/mol. The lowest BCUT2D eigenvalue weighted by molar-refractivity contribution is -0.143. The Kier molecular flexibility index (Phi) is 4.87. The highest BCUT2D eigenvalue weighted by atomic mass is 19.4. The molecule has 1 unspecified atom stereocenters. The number of carboxylic acids is 1. The summed E-state index contributed by atoms with van der Waals surface area (Å²) in [6, 6.07) is -0.220. The molecule has 3 nitrogen and oxygen atoms in total. The second-order valence-corrected chi connectivity index (χ2v) is 4.40. The van der Waals surface area contributed by atoms with Crippen molar-refractivity contribution in [1.82, 2.24) is 0 Å². The average molecular weight is 315 g/mol. The molecule has 0 radical (unpaired) electrons. The van der Waals surface area contributed by atoms with Crippen molar-refractivity contribution in [3.8, 4) is 0 Å². The second-order valence-electron chi connectivity index (χ2n) is 4.40. The molecule has 1 aromatic rings. The first kappa shape index (κ1) is 17.3. The Hall–Kier alpha value is -1.77. The lowest BCUT2D eigenvalue weighted by atomic mass is 9.99. The summed E-state index contributed by atoms with van der Waals surface area (Å²) < 4.78 is 75.5. The Morgan fingerprint density at radius 2 is 1.48 bits per heavy atom. The van der Waals surface area contributed by atoms with Crippen molar-refractivity contribution in [1.29, 1.82) is 0 Å². The maximum absolute atomic E-state index is 12.6. The highest BCUT2D eigenvalue weighted by Gasteiger charge is 2.36. The summed E-state index contributed by atoms with van der Waals surface area (Å²) in [5.41, 5.74) is 2.03. The molecular formula is C12H11F6NO2. The summed E-state index contributed by atoms with van der Waals surface area (Å²) in [5, 5.41) is 8.54. The fourth-order valence-corrected chi connectivity index (χ4v) is 1.61. The van der Waals surface area contributed by atoms with Crippen LogP contribution >= 0.6 is 0 Å². The first-order chi connectivity index (χ1) is 9.41. The van der Waals surface area contributed by atoms with E-state index in [4.69, 9.17) is 10.8 Å². The summed E-state index contributed by atoms with van der Waals surface area (Å²) in [6.45, 7) is 0. The Labute approximate surface area is 115 Å². The van der Waals surface area contributed by atoms with Gasteiger partial charge in [0.2, 0.25) is 0 Å². The summed E-state index contributed by atoms with van der Waals surface area (Å²) in [5.74, 6) is -1.38. The molecule has 0 aliphatic carbocycles. The minimum atomic E-state index is -4.93. The number of aryl methyl sites for hydroxylation is 1. The van der Waals surface area contributed by atoms with Crippen molar-refractivity contribution in [2.75, 3.05) is 0 Å². The number of benzene rings is 1. The van der Waals surface area contributed by atoms with Crippen LogP contribution in [0, 0.1) is 0 Å². The van der Waals surface area contributed by atoms with Gasteiger partial charge in [0.1, 0.15) is 6.04 Å². The average Bonchev–Trinajstić information content (AvgIpc) is 2.33. The quantitative estimate of drug-likeness (QED) is 0.839. The zero-order valence-electron chi connectivity index (χ0n) is 10.4. The Balaban J connectivity index is 3.11. The van der Waals surface area contributed by atoms with Crippen LogP contribution in [0.5, 0.6) is 0 Å². The van der Waals surface area contributed by atoms with Crippen molar-refractivity contribution in [3.05, 3.63) is 34.9 Å². The van der Waals surface area contributed by atoms with Gasteiger partial charge in [-0.1, -0.05) is 0 Å². The smallest absolute Gasteiger partial charge is 0.416 e. The van der Waals surface area contributed by atoms with E-state index >= 15 is 0 Å². The summed E-state index contributed by atoms with van der Waals surface area (Å²) in [6.07, 6.45) is -10.4. The number of hydrogen-bond acceptors (Lipinski definition) is 2. The van der Waals surface area contributed by atoms with E-state index in [0.717, 1.165) is 0 Å². The molecule has 1 aromatic carbocycles. The van der Waals surface area contributed by atoms with Crippen LogP contribution in [0.3, 0.4) is 0 Å². The molecule has 0 heterocycles.